The Morgan fingerprint density at radius 1 is 1.25 bits per heavy atom. The highest BCUT2D eigenvalue weighted by Gasteiger charge is 2.30. The Kier molecular flexibility index (Phi) is 5.02. The van der Waals surface area contributed by atoms with Crippen LogP contribution in [0.5, 0.6) is 0 Å². The van der Waals surface area contributed by atoms with Gasteiger partial charge in [-0.25, -0.2) is 0 Å². The molecular weight excluding hydrogens is 252 g/mol. The van der Waals surface area contributed by atoms with E-state index in [-0.39, 0.29) is 0 Å². The standard InChI is InChI=1S/C15H28N4O/c1-5-8-16-11-13-17-18-14(20-13)19-9-6-12(7-10-19)15(2,3)4/h12,16H,5-11H2,1-4H3. The molecule has 0 saturated carbocycles. The molecule has 0 unspecified atom stereocenters. The molecule has 0 aromatic carbocycles. The third kappa shape index (κ3) is 3.95. The van der Waals surface area contributed by atoms with Gasteiger partial charge in [0.1, 0.15) is 0 Å². The Labute approximate surface area is 122 Å². The van der Waals surface area contributed by atoms with Gasteiger partial charge in [-0.1, -0.05) is 32.8 Å². The fourth-order valence-electron chi connectivity index (χ4n) is 2.75. The smallest absolute Gasteiger partial charge is 0.318 e. The number of anilines is 1. The predicted molar refractivity (Wildman–Crippen MR) is 80.7 cm³/mol. The van der Waals surface area contributed by atoms with E-state index in [4.69, 9.17) is 4.42 Å². The van der Waals surface area contributed by atoms with E-state index in [2.05, 4.69) is 48.1 Å². The molecule has 114 valence electrons. The highest BCUT2D eigenvalue weighted by atomic mass is 16.4. The molecule has 5 nitrogen and oxygen atoms in total. The second kappa shape index (κ2) is 6.57. The van der Waals surface area contributed by atoms with Crippen LogP contribution in [0.25, 0.3) is 0 Å². The SMILES string of the molecule is CCCNCc1nnc(N2CCC(C(C)(C)C)CC2)o1. The topological polar surface area (TPSA) is 54.2 Å². The van der Waals surface area contributed by atoms with Crippen LogP contribution in [0.15, 0.2) is 4.42 Å². The number of nitrogens with zero attached hydrogens (tertiary/aromatic N) is 3. The number of hydrogen-bond acceptors (Lipinski definition) is 5. The van der Waals surface area contributed by atoms with Crippen molar-refractivity contribution < 1.29 is 4.42 Å². The van der Waals surface area contributed by atoms with E-state index in [1.807, 2.05) is 0 Å². The van der Waals surface area contributed by atoms with Gasteiger partial charge in [-0.15, -0.1) is 5.10 Å². The largest absolute Gasteiger partial charge is 0.407 e. The number of hydrogen-bond donors (Lipinski definition) is 1. The van der Waals surface area contributed by atoms with Crippen molar-refractivity contribution in [3.8, 4) is 0 Å². The highest BCUT2D eigenvalue weighted by Crippen LogP contribution is 2.35. The Hall–Kier alpha value is -1.10. The molecule has 2 rings (SSSR count). The Bertz CT molecular complexity index is 402. The van der Waals surface area contributed by atoms with Crippen molar-refractivity contribution in [2.45, 2.75) is 53.5 Å². The zero-order valence-electron chi connectivity index (χ0n) is 13.3. The fraction of sp³-hybridized carbons (Fsp3) is 0.867. The molecule has 0 amide bonds. The van der Waals surface area contributed by atoms with Crippen LogP contribution in [0.4, 0.5) is 6.01 Å². The summed E-state index contributed by atoms with van der Waals surface area (Å²) < 4.78 is 5.73. The lowest BCUT2D eigenvalue weighted by molar-refractivity contribution is 0.196. The number of rotatable bonds is 5. The molecule has 1 aliphatic rings. The first-order chi connectivity index (χ1) is 9.50. The average molecular weight is 280 g/mol. The molecular formula is C15H28N4O. The van der Waals surface area contributed by atoms with Crippen LogP contribution in [-0.2, 0) is 6.54 Å². The van der Waals surface area contributed by atoms with Crippen LogP contribution in [0.1, 0.15) is 52.8 Å². The summed E-state index contributed by atoms with van der Waals surface area (Å²) >= 11 is 0. The van der Waals surface area contributed by atoms with Gasteiger partial charge in [0, 0.05) is 13.1 Å². The Balaban J connectivity index is 1.84. The van der Waals surface area contributed by atoms with Gasteiger partial charge in [-0.3, -0.25) is 0 Å². The normalized spacial score (nSPS) is 17.7. The lowest BCUT2D eigenvalue weighted by Gasteiger charge is -2.38. The molecule has 2 heterocycles. The minimum absolute atomic E-state index is 0.399. The molecule has 1 fully saturated rings. The molecule has 20 heavy (non-hydrogen) atoms. The molecule has 0 radical (unpaired) electrons. The Morgan fingerprint density at radius 3 is 2.55 bits per heavy atom. The van der Waals surface area contributed by atoms with Crippen LogP contribution in [0.3, 0.4) is 0 Å². The van der Waals surface area contributed by atoms with Gasteiger partial charge in [-0.05, 0) is 37.1 Å². The van der Waals surface area contributed by atoms with Gasteiger partial charge in [0.2, 0.25) is 5.89 Å². The third-order valence-corrected chi connectivity index (χ3v) is 4.15. The van der Waals surface area contributed by atoms with Gasteiger partial charge in [-0.2, -0.15) is 0 Å². The second-order valence-corrected chi connectivity index (χ2v) is 6.78. The van der Waals surface area contributed by atoms with Gasteiger partial charge in [0.25, 0.3) is 0 Å². The molecule has 1 saturated heterocycles. The molecule has 0 atom stereocenters. The first-order valence-corrected chi connectivity index (χ1v) is 7.78. The van der Waals surface area contributed by atoms with Crippen molar-refractivity contribution in [1.82, 2.24) is 15.5 Å². The van der Waals surface area contributed by atoms with E-state index < -0.39 is 0 Å². The quantitative estimate of drug-likeness (QED) is 0.841. The first kappa shape index (κ1) is 15.3. The summed E-state index contributed by atoms with van der Waals surface area (Å²) in [6, 6.07) is 0.686. The highest BCUT2D eigenvalue weighted by molar-refractivity contribution is 5.24. The number of nitrogens with one attached hydrogen (secondary N) is 1. The van der Waals surface area contributed by atoms with Crippen LogP contribution in [0, 0.1) is 11.3 Å². The van der Waals surface area contributed by atoms with E-state index >= 15 is 0 Å². The van der Waals surface area contributed by atoms with E-state index in [9.17, 15) is 0 Å². The van der Waals surface area contributed by atoms with Crippen LogP contribution < -0.4 is 10.2 Å². The molecule has 0 bridgehead atoms. The van der Waals surface area contributed by atoms with E-state index in [1.165, 1.54) is 12.8 Å². The summed E-state index contributed by atoms with van der Waals surface area (Å²) in [5, 5.41) is 11.6. The van der Waals surface area contributed by atoms with E-state index in [0.29, 0.717) is 23.9 Å². The minimum Gasteiger partial charge on any atom is -0.407 e. The Morgan fingerprint density at radius 2 is 1.95 bits per heavy atom. The zero-order chi connectivity index (χ0) is 14.6. The van der Waals surface area contributed by atoms with E-state index in [0.717, 1.165) is 32.0 Å². The number of aromatic nitrogens is 2. The van der Waals surface area contributed by atoms with Crippen molar-refractivity contribution >= 4 is 6.01 Å². The molecule has 5 heteroatoms. The minimum atomic E-state index is 0.399. The van der Waals surface area contributed by atoms with Crippen molar-refractivity contribution in [2.24, 2.45) is 11.3 Å². The maximum absolute atomic E-state index is 5.73. The van der Waals surface area contributed by atoms with Gasteiger partial charge < -0.3 is 14.6 Å². The van der Waals surface area contributed by atoms with Crippen molar-refractivity contribution in [3.05, 3.63) is 5.89 Å². The lowest BCUT2D eigenvalue weighted by atomic mass is 9.75. The maximum atomic E-state index is 5.73. The van der Waals surface area contributed by atoms with Crippen molar-refractivity contribution in [3.63, 3.8) is 0 Å². The molecule has 1 aromatic heterocycles. The monoisotopic (exact) mass is 280 g/mol. The van der Waals surface area contributed by atoms with E-state index in [1.54, 1.807) is 0 Å². The second-order valence-electron chi connectivity index (χ2n) is 6.78. The van der Waals surface area contributed by atoms with Crippen LogP contribution in [0.2, 0.25) is 0 Å². The first-order valence-electron chi connectivity index (χ1n) is 7.78. The number of piperidine rings is 1. The van der Waals surface area contributed by atoms with Crippen LogP contribution in [-0.4, -0.2) is 29.8 Å². The summed E-state index contributed by atoms with van der Waals surface area (Å²) in [4.78, 5) is 2.22. The molecule has 1 aliphatic heterocycles. The maximum Gasteiger partial charge on any atom is 0.318 e. The van der Waals surface area contributed by atoms with Crippen molar-refractivity contribution in [1.29, 1.82) is 0 Å². The summed E-state index contributed by atoms with van der Waals surface area (Å²) in [6.45, 7) is 12.8. The third-order valence-electron chi connectivity index (χ3n) is 4.15. The van der Waals surface area contributed by atoms with Crippen LogP contribution >= 0.6 is 0 Å². The lowest BCUT2D eigenvalue weighted by Crippen LogP contribution is -2.38. The van der Waals surface area contributed by atoms with Gasteiger partial charge >= 0.3 is 6.01 Å². The predicted octanol–water partition coefficient (Wildman–Crippen LogP) is 2.83. The summed E-state index contributed by atoms with van der Waals surface area (Å²) in [5.74, 6) is 1.47. The molecule has 0 aliphatic carbocycles. The molecule has 1 N–H and O–H groups in total. The summed E-state index contributed by atoms with van der Waals surface area (Å²) in [7, 11) is 0. The average Bonchev–Trinajstić information content (AvgIpc) is 2.87. The molecule has 0 spiro atoms. The summed E-state index contributed by atoms with van der Waals surface area (Å²) in [6.07, 6.45) is 3.52. The molecule has 1 aromatic rings. The zero-order valence-corrected chi connectivity index (χ0v) is 13.3. The summed E-state index contributed by atoms with van der Waals surface area (Å²) in [5.41, 5.74) is 0.399. The van der Waals surface area contributed by atoms with Gasteiger partial charge in [0.05, 0.1) is 6.54 Å². The van der Waals surface area contributed by atoms with Crippen molar-refractivity contribution in [2.75, 3.05) is 24.5 Å². The fourth-order valence-corrected chi connectivity index (χ4v) is 2.75. The van der Waals surface area contributed by atoms with Gasteiger partial charge in [0.15, 0.2) is 0 Å².